The minimum Gasteiger partial charge on any atom is -0.497 e. The van der Waals surface area contributed by atoms with E-state index >= 15 is 0 Å². The third-order valence-corrected chi connectivity index (χ3v) is 5.96. The summed E-state index contributed by atoms with van der Waals surface area (Å²) in [7, 11) is 3.87. The number of ether oxygens (including phenoxy) is 1. The molecule has 2 aromatic carbocycles. The fraction of sp³-hybridized carbons (Fsp3) is 0.400. The van der Waals surface area contributed by atoms with E-state index in [-0.39, 0.29) is 5.82 Å². The molecular weight excluding hydrogens is 321 g/mol. The molecule has 1 aliphatic rings. The Morgan fingerprint density at radius 2 is 1.83 bits per heavy atom. The van der Waals surface area contributed by atoms with Crippen LogP contribution in [0.2, 0.25) is 0 Å². The highest BCUT2D eigenvalue weighted by atomic mass is 32.2. The Bertz CT molecular complexity index is 644. The van der Waals surface area contributed by atoms with Crippen LogP contribution in [0.4, 0.5) is 4.39 Å². The number of halogens is 1. The van der Waals surface area contributed by atoms with Gasteiger partial charge >= 0.3 is 0 Å². The molecule has 0 spiro atoms. The van der Waals surface area contributed by atoms with E-state index in [0.717, 1.165) is 31.0 Å². The third kappa shape index (κ3) is 4.31. The van der Waals surface area contributed by atoms with Gasteiger partial charge in [0.1, 0.15) is 11.6 Å². The minimum atomic E-state index is -0.157. The van der Waals surface area contributed by atoms with Crippen molar-refractivity contribution in [1.82, 2.24) is 4.90 Å². The molecule has 1 heterocycles. The van der Waals surface area contributed by atoms with E-state index in [9.17, 15) is 4.39 Å². The quantitative estimate of drug-likeness (QED) is 0.731. The Labute approximate surface area is 148 Å². The van der Waals surface area contributed by atoms with Gasteiger partial charge in [-0.05, 0) is 73.8 Å². The van der Waals surface area contributed by atoms with Crippen LogP contribution in [0.3, 0.4) is 0 Å². The SMILES string of the molecule is COc1ccc(SC[C@@H]2CN(C)CC[C@H]2c2ccc(F)cc2)cc1. The van der Waals surface area contributed by atoms with Crippen molar-refractivity contribution in [2.45, 2.75) is 17.2 Å². The molecule has 0 bridgehead atoms. The fourth-order valence-corrected chi connectivity index (χ4v) is 4.48. The van der Waals surface area contributed by atoms with Gasteiger partial charge in [-0.15, -0.1) is 11.8 Å². The first-order valence-corrected chi connectivity index (χ1v) is 9.35. The van der Waals surface area contributed by atoms with Gasteiger partial charge in [0, 0.05) is 17.2 Å². The van der Waals surface area contributed by atoms with Crippen molar-refractivity contribution in [2.75, 3.05) is 33.0 Å². The molecule has 0 aromatic heterocycles. The Morgan fingerprint density at radius 3 is 2.50 bits per heavy atom. The van der Waals surface area contributed by atoms with Crippen LogP contribution in [0.5, 0.6) is 5.75 Å². The summed E-state index contributed by atoms with van der Waals surface area (Å²) in [6.45, 7) is 2.19. The largest absolute Gasteiger partial charge is 0.497 e. The Kier molecular flexibility index (Phi) is 5.80. The molecule has 1 saturated heterocycles. The number of hydrogen-bond donors (Lipinski definition) is 0. The molecule has 0 N–H and O–H groups in total. The number of methoxy groups -OCH3 is 1. The number of piperidine rings is 1. The first kappa shape index (κ1) is 17.3. The van der Waals surface area contributed by atoms with Gasteiger partial charge in [-0.1, -0.05) is 12.1 Å². The van der Waals surface area contributed by atoms with Crippen LogP contribution in [0.1, 0.15) is 17.9 Å². The molecular formula is C20H24FNOS. The summed E-state index contributed by atoms with van der Waals surface area (Å²) < 4.78 is 18.4. The number of rotatable bonds is 5. The molecule has 0 saturated carbocycles. The summed E-state index contributed by atoms with van der Waals surface area (Å²) in [5, 5.41) is 0. The maximum atomic E-state index is 13.2. The zero-order chi connectivity index (χ0) is 16.9. The smallest absolute Gasteiger partial charge is 0.123 e. The van der Waals surface area contributed by atoms with Gasteiger partial charge in [-0.2, -0.15) is 0 Å². The molecule has 1 fully saturated rings. The summed E-state index contributed by atoms with van der Waals surface area (Å²) in [6, 6.07) is 15.3. The number of thioether (sulfide) groups is 1. The molecule has 0 unspecified atom stereocenters. The van der Waals surface area contributed by atoms with Crippen molar-refractivity contribution < 1.29 is 9.13 Å². The first-order valence-electron chi connectivity index (χ1n) is 8.36. The van der Waals surface area contributed by atoms with E-state index < -0.39 is 0 Å². The van der Waals surface area contributed by atoms with Crippen LogP contribution < -0.4 is 4.74 Å². The highest BCUT2D eigenvalue weighted by molar-refractivity contribution is 7.99. The normalized spacial score (nSPS) is 21.6. The summed E-state index contributed by atoms with van der Waals surface area (Å²) in [5.74, 6) is 2.88. The monoisotopic (exact) mass is 345 g/mol. The zero-order valence-electron chi connectivity index (χ0n) is 14.2. The van der Waals surface area contributed by atoms with Crippen molar-refractivity contribution in [2.24, 2.45) is 5.92 Å². The highest BCUT2D eigenvalue weighted by Crippen LogP contribution is 2.36. The molecule has 2 nitrogen and oxygen atoms in total. The molecule has 0 radical (unpaired) electrons. The van der Waals surface area contributed by atoms with Crippen molar-refractivity contribution in [3.63, 3.8) is 0 Å². The Morgan fingerprint density at radius 1 is 1.12 bits per heavy atom. The highest BCUT2D eigenvalue weighted by Gasteiger charge is 2.29. The average Bonchev–Trinajstić information content (AvgIpc) is 2.61. The molecule has 3 rings (SSSR count). The van der Waals surface area contributed by atoms with Crippen LogP contribution in [-0.2, 0) is 0 Å². The van der Waals surface area contributed by atoms with Crippen molar-refractivity contribution >= 4 is 11.8 Å². The Balaban J connectivity index is 1.68. The van der Waals surface area contributed by atoms with Crippen LogP contribution >= 0.6 is 11.8 Å². The van der Waals surface area contributed by atoms with Gasteiger partial charge in [0.2, 0.25) is 0 Å². The van der Waals surface area contributed by atoms with Crippen LogP contribution in [0.15, 0.2) is 53.4 Å². The lowest BCUT2D eigenvalue weighted by molar-refractivity contribution is 0.198. The molecule has 0 amide bonds. The second-order valence-electron chi connectivity index (χ2n) is 6.46. The maximum absolute atomic E-state index is 13.2. The lowest BCUT2D eigenvalue weighted by Gasteiger charge is -2.37. The standard InChI is InChI=1S/C20H24FNOS/c1-22-12-11-20(15-3-5-17(21)6-4-15)16(13-22)14-24-19-9-7-18(23-2)8-10-19/h3-10,16,20H,11-14H2,1-2H3/t16-,20-/m0/s1. The van der Waals surface area contributed by atoms with E-state index in [1.165, 1.54) is 10.5 Å². The molecule has 4 heteroatoms. The van der Waals surface area contributed by atoms with E-state index in [1.807, 2.05) is 36.0 Å². The third-order valence-electron chi connectivity index (χ3n) is 4.76. The van der Waals surface area contributed by atoms with Gasteiger partial charge in [-0.3, -0.25) is 0 Å². The molecule has 2 aromatic rings. The second-order valence-corrected chi connectivity index (χ2v) is 7.55. The fourth-order valence-electron chi connectivity index (χ4n) is 3.41. The lowest BCUT2D eigenvalue weighted by Crippen LogP contribution is -2.38. The minimum absolute atomic E-state index is 0.157. The number of nitrogens with zero attached hydrogens (tertiary/aromatic N) is 1. The van der Waals surface area contributed by atoms with Crippen LogP contribution in [0, 0.1) is 11.7 Å². The number of benzene rings is 2. The first-order chi connectivity index (χ1) is 11.7. The number of likely N-dealkylation sites (tertiary alicyclic amines) is 1. The number of hydrogen-bond acceptors (Lipinski definition) is 3. The Hall–Kier alpha value is -1.52. The van der Waals surface area contributed by atoms with E-state index in [0.29, 0.717) is 11.8 Å². The van der Waals surface area contributed by atoms with Gasteiger partial charge in [-0.25, -0.2) is 4.39 Å². The van der Waals surface area contributed by atoms with Crippen LogP contribution in [-0.4, -0.2) is 37.9 Å². The summed E-state index contributed by atoms with van der Waals surface area (Å²) in [4.78, 5) is 3.67. The predicted octanol–water partition coefficient (Wildman–Crippen LogP) is 4.66. The van der Waals surface area contributed by atoms with Crippen molar-refractivity contribution in [1.29, 1.82) is 0 Å². The lowest BCUT2D eigenvalue weighted by atomic mass is 9.81. The van der Waals surface area contributed by atoms with Crippen molar-refractivity contribution in [3.05, 3.63) is 59.9 Å². The predicted molar refractivity (Wildman–Crippen MR) is 98.5 cm³/mol. The van der Waals surface area contributed by atoms with E-state index in [2.05, 4.69) is 24.1 Å². The van der Waals surface area contributed by atoms with Crippen LogP contribution in [0.25, 0.3) is 0 Å². The summed E-state index contributed by atoms with van der Waals surface area (Å²) in [5.41, 5.74) is 1.27. The average molecular weight is 345 g/mol. The summed E-state index contributed by atoms with van der Waals surface area (Å²) in [6.07, 6.45) is 1.13. The topological polar surface area (TPSA) is 12.5 Å². The molecule has 2 atom stereocenters. The van der Waals surface area contributed by atoms with Gasteiger partial charge < -0.3 is 9.64 Å². The zero-order valence-corrected chi connectivity index (χ0v) is 15.1. The molecule has 1 aliphatic heterocycles. The van der Waals surface area contributed by atoms with Gasteiger partial charge in [0.05, 0.1) is 7.11 Å². The van der Waals surface area contributed by atoms with E-state index in [4.69, 9.17) is 4.74 Å². The van der Waals surface area contributed by atoms with Crippen molar-refractivity contribution in [3.8, 4) is 5.75 Å². The molecule has 128 valence electrons. The summed E-state index contributed by atoms with van der Waals surface area (Å²) >= 11 is 1.89. The molecule has 24 heavy (non-hydrogen) atoms. The molecule has 0 aliphatic carbocycles. The van der Waals surface area contributed by atoms with E-state index in [1.54, 1.807) is 19.2 Å². The van der Waals surface area contributed by atoms with Gasteiger partial charge in [0.15, 0.2) is 0 Å². The second kappa shape index (κ2) is 8.04. The maximum Gasteiger partial charge on any atom is 0.123 e. The van der Waals surface area contributed by atoms with Gasteiger partial charge in [0.25, 0.3) is 0 Å².